The number of fused-ring (bicyclic) bond motifs is 9. The summed E-state index contributed by atoms with van der Waals surface area (Å²) in [5.74, 6) is 0. The fraction of sp³-hybridized carbons (Fsp3) is 0. The summed E-state index contributed by atoms with van der Waals surface area (Å²) in [5, 5.41) is 10.4. The topological polar surface area (TPSA) is 3.24 Å². The van der Waals surface area contributed by atoms with Crippen LogP contribution in [0, 0.1) is 0 Å². The van der Waals surface area contributed by atoms with Gasteiger partial charge in [0, 0.05) is 37.2 Å². The van der Waals surface area contributed by atoms with Crippen LogP contribution in [0.2, 0.25) is 0 Å². The van der Waals surface area contributed by atoms with Crippen molar-refractivity contribution in [3.63, 3.8) is 0 Å². The lowest BCUT2D eigenvalue weighted by molar-refractivity contribution is 1.28. The first-order valence-corrected chi connectivity index (χ1v) is 17.9. The van der Waals surface area contributed by atoms with Crippen LogP contribution in [0.25, 0.3) is 74.7 Å². The average molecular weight is 654 g/mol. The molecule has 234 valence electrons. The minimum absolute atomic E-state index is 1.13. The molecule has 0 unspecified atom stereocenters. The number of hydrogen-bond donors (Lipinski definition) is 0. The lowest BCUT2D eigenvalue weighted by atomic mass is 9.90. The fourth-order valence-corrected chi connectivity index (χ4v) is 8.94. The lowest BCUT2D eigenvalue weighted by Crippen LogP contribution is -2.09. The van der Waals surface area contributed by atoms with Gasteiger partial charge in [-0.2, -0.15) is 0 Å². The van der Waals surface area contributed by atoms with Crippen LogP contribution in [0.5, 0.6) is 0 Å². The van der Waals surface area contributed by atoms with E-state index in [2.05, 4.69) is 193 Å². The summed E-state index contributed by atoms with van der Waals surface area (Å²) < 4.78 is 2.68. The van der Waals surface area contributed by atoms with Crippen molar-refractivity contribution in [3.8, 4) is 22.3 Å². The maximum Gasteiger partial charge on any atom is 0.0467 e. The van der Waals surface area contributed by atoms with Gasteiger partial charge in [0.1, 0.15) is 0 Å². The molecular formula is C48H31NS. The van der Waals surface area contributed by atoms with Crippen LogP contribution in [-0.4, -0.2) is 0 Å². The van der Waals surface area contributed by atoms with Crippen molar-refractivity contribution in [1.29, 1.82) is 0 Å². The first kappa shape index (κ1) is 28.8. The third kappa shape index (κ3) is 4.69. The highest BCUT2D eigenvalue weighted by Crippen LogP contribution is 2.43. The highest BCUT2D eigenvalue weighted by Gasteiger charge is 2.16. The Bertz CT molecular complexity index is 2810. The van der Waals surface area contributed by atoms with Gasteiger partial charge in [-0.3, -0.25) is 0 Å². The van der Waals surface area contributed by atoms with E-state index < -0.39 is 0 Å². The predicted molar refractivity (Wildman–Crippen MR) is 217 cm³/mol. The normalized spacial score (nSPS) is 11.6. The number of para-hydroxylation sites is 2. The minimum Gasteiger partial charge on any atom is -0.310 e. The van der Waals surface area contributed by atoms with Crippen LogP contribution in [0.1, 0.15) is 0 Å². The molecule has 0 spiro atoms. The molecule has 0 saturated heterocycles. The Balaban J connectivity index is 1.13. The Morgan fingerprint density at radius 2 is 0.800 bits per heavy atom. The summed E-state index contributed by atoms with van der Waals surface area (Å²) in [5.41, 5.74) is 8.35. The Morgan fingerprint density at radius 3 is 1.50 bits per heavy atom. The quantitative estimate of drug-likeness (QED) is 0.167. The zero-order valence-corrected chi connectivity index (χ0v) is 28.1. The Kier molecular flexibility index (Phi) is 6.75. The van der Waals surface area contributed by atoms with Gasteiger partial charge < -0.3 is 4.90 Å². The van der Waals surface area contributed by atoms with Gasteiger partial charge in [0.05, 0.1) is 0 Å². The number of hydrogen-bond acceptors (Lipinski definition) is 2. The van der Waals surface area contributed by atoms with Crippen LogP contribution < -0.4 is 4.90 Å². The second-order valence-electron chi connectivity index (χ2n) is 12.9. The molecule has 10 aromatic rings. The van der Waals surface area contributed by atoms with E-state index in [4.69, 9.17) is 0 Å². The Morgan fingerprint density at radius 1 is 0.300 bits per heavy atom. The van der Waals surface area contributed by atoms with Crippen molar-refractivity contribution >= 4 is 80.9 Å². The van der Waals surface area contributed by atoms with E-state index in [9.17, 15) is 0 Å². The van der Waals surface area contributed by atoms with Crippen molar-refractivity contribution in [2.75, 3.05) is 4.90 Å². The molecule has 0 fully saturated rings. The first-order valence-electron chi connectivity index (χ1n) is 17.1. The average Bonchev–Trinajstić information content (AvgIpc) is 3.58. The zero-order chi connectivity index (χ0) is 33.0. The van der Waals surface area contributed by atoms with Gasteiger partial charge in [0.15, 0.2) is 0 Å². The Hall–Kier alpha value is -6.22. The molecule has 50 heavy (non-hydrogen) atoms. The molecule has 1 aromatic heterocycles. The van der Waals surface area contributed by atoms with Crippen molar-refractivity contribution < 1.29 is 0 Å². The summed E-state index contributed by atoms with van der Waals surface area (Å²) in [6, 6.07) is 68.6. The van der Waals surface area contributed by atoms with Crippen LogP contribution in [0.4, 0.5) is 17.1 Å². The summed E-state index contributed by atoms with van der Waals surface area (Å²) >= 11 is 1.89. The third-order valence-corrected chi connectivity index (χ3v) is 11.2. The molecule has 0 aliphatic carbocycles. The molecule has 0 aliphatic rings. The fourth-order valence-electron chi connectivity index (χ4n) is 7.70. The molecule has 0 amide bonds. The number of nitrogens with zero attached hydrogens (tertiary/aromatic N) is 1. The van der Waals surface area contributed by atoms with E-state index in [0.29, 0.717) is 0 Å². The molecule has 9 aromatic carbocycles. The van der Waals surface area contributed by atoms with Crippen LogP contribution >= 0.6 is 11.3 Å². The van der Waals surface area contributed by atoms with Crippen molar-refractivity contribution in [2.24, 2.45) is 0 Å². The largest absolute Gasteiger partial charge is 0.310 e. The maximum absolute atomic E-state index is 2.41. The predicted octanol–water partition coefficient (Wildman–Crippen LogP) is 14.3. The number of benzene rings is 9. The summed E-state index contributed by atoms with van der Waals surface area (Å²) in [6.45, 7) is 0. The summed E-state index contributed by atoms with van der Waals surface area (Å²) in [6.07, 6.45) is 0. The molecule has 10 rings (SSSR count). The minimum atomic E-state index is 1.13. The molecular weight excluding hydrogens is 623 g/mol. The first-order chi connectivity index (χ1) is 24.8. The monoisotopic (exact) mass is 653 g/mol. The van der Waals surface area contributed by atoms with Gasteiger partial charge in [-0.1, -0.05) is 133 Å². The number of thiophene rings is 1. The van der Waals surface area contributed by atoms with E-state index in [1.165, 1.54) is 74.7 Å². The standard InChI is InChI=1S/C48H31NS/c1-3-14-35(15-4-1)49(36-16-5-2-6-17-36)37-18-11-13-32(29-37)33-25-27-41-42-28-26-34(31-46(42)40-20-8-7-19-39(40)45(41)30-33)38-22-12-23-44-43-21-9-10-24-47(43)50-48(38)44/h1-31H. The van der Waals surface area contributed by atoms with Crippen LogP contribution in [0.3, 0.4) is 0 Å². The second kappa shape index (κ2) is 11.7. The van der Waals surface area contributed by atoms with Gasteiger partial charge in [-0.15, -0.1) is 11.3 Å². The van der Waals surface area contributed by atoms with Crippen LogP contribution in [0.15, 0.2) is 188 Å². The highest BCUT2D eigenvalue weighted by molar-refractivity contribution is 7.26. The molecule has 0 saturated carbocycles. The molecule has 0 aliphatic heterocycles. The van der Waals surface area contributed by atoms with Gasteiger partial charge >= 0.3 is 0 Å². The van der Waals surface area contributed by atoms with Crippen LogP contribution in [-0.2, 0) is 0 Å². The Labute approximate surface area is 294 Å². The van der Waals surface area contributed by atoms with Gasteiger partial charge in [-0.25, -0.2) is 0 Å². The molecule has 0 atom stereocenters. The van der Waals surface area contributed by atoms with E-state index in [-0.39, 0.29) is 0 Å². The van der Waals surface area contributed by atoms with Gasteiger partial charge in [0.2, 0.25) is 0 Å². The summed E-state index contributed by atoms with van der Waals surface area (Å²) in [7, 11) is 0. The smallest absolute Gasteiger partial charge is 0.0467 e. The molecule has 0 N–H and O–H groups in total. The van der Waals surface area contributed by atoms with E-state index in [1.807, 2.05) is 11.3 Å². The van der Waals surface area contributed by atoms with Gasteiger partial charge in [0.25, 0.3) is 0 Å². The summed E-state index contributed by atoms with van der Waals surface area (Å²) in [4.78, 5) is 2.32. The van der Waals surface area contributed by atoms with Crippen molar-refractivity contribution in [3.05, 3.63) is 188 Å². The zero-order valence-electron chi connectivity index (χ0n) is 27.3. The van der Waals surface area contributed by atoms with E-state index >= 15 is 0 Å². The number of rotatable bonds is 5. The highest BCUT2D eigenvalue weighted by atomic mass is 32.1. The van der Waals surface area contributed by atoms with Crippen molar-refractivity contribution in [2.45, 2.75) is 0 Å². The molecule has 1 nitrogen and oxygen atoms in total. The molecule has 2 heteroatoms. The lowest BCUT2D eigenvalue weighted by Gasteiger charge is -2.26. The molecule has 0 bridgehead atoms. The second-order valence-corrected chi connectivity index (χ2v) is 14.0. The SMILES string of the molecule is c1ccc(N(c2ccccc2)c2cccc(-c3ccc4c5ccc(-c6cccc7c6sc6ccccc67)cc5c5ccccc5c4c3)c2)cc1. The van der Waals surface area contributed by atoms with E-state index in [1.54, 1.807) is 0 Å². The van der Waals surface area contributed by atoms with Gasteiger partial charge in [-0.05, 0) is 109 Å². The maximum atomic E-state index is 2.41. The third-order valence-electron chi connectivity index (χ3n) is 10.0. The molecule has 1 heterocycles. The van der Waals surface area contributed by atoms with Crippen molar-refractivity contribution in [1.82, 2.24) is 0 Å². The van der Waals surface area contributed by atoms with E-state index in [0.717, 1.165) is 17.1 Å². The molecule has 0 radical (unpaired) electrons. The number of anilines is 3.